The van der Waals surface area contributed by atoms with Crippen molar-refractivity contribution in [1.29, 1.82) is 0 Å². The van der Waals surface area contributed by atoms with Crippen molar-refractivity contribution >= 4 is 11.9 Å². The van der Waals surface area contributed by atoms with Gasteiger partial charge in [0.25, 0.3) is 0 Å². The van der Waals surface area contributed by atoms with Crippen molar-refractivity contribution in [3.8, 4) is 0 Å². The van der Waals surface area contributed by atoms with Gasteiger partial charge in [0.1, 0.15) is 0 Å². The van der Waals surface area contributed by atoms with Crippen LogP contribution in [0.25, 0.3) is 0 Å². The van der Waals surface area contributed by atoms with Crippen LogP contribution < -0.4 is 10.6 Å². The Morgan fingerprint density at radius 3 is 2.39 bits per heavy atom. The minimum Gasteiger partial charge on any atom is -0.395 e. The maximum absolute atomic E-state index is 11.5. The Kier molecular flexibility index (Phi) is 8.32. The Morgan fingerprint density at radius 1 is 1.28 bits per heavy atom. The molecule has 0 spiro atoms. The van der Waals surface area contributed by atoms with Crippen LogP contribution in [0.1, 0.15) is 27.2 Å². The fourth-order valence-electron chi connectivity index (χ4n) is 1.21. The van der Waals surface area contributed by atoms with Gasteiger partial charge >= 0.3 is 6.03 Å². The largest absolute Gasteiger partial charge is 0.395 e. The van der Waals surface area contributed by atoms with Crippen LogP contribution in [0.3, 0.4) is 0 Å². The van der Waals surface area contributed by atoms with Gasteiger partial charge in [0.05, 0.1) is 13.2 Å². The second-order valence-corrected chi connectivity index (χ2v) is 4.93. The Bertz CT molecular complexity index is 269. The lowest BCUT2D eigenvalue weighted by molar-refractivity contribution is -0.121. The van der Waals surface area contributed by atoms with Crippen molar-refractivity contribution in [2.24, 2.45) is 5.92 Å². The van der Waals surface area contributed by atoms with E-state index in [0.717, 1.165) is 6.42 Å². The van der Waals surface area contributed by atoms with Gasteiger partial charge in [-0.3, -0.25) is 15.0 Å². The van der Waals surface area contributed by atoms with E-state index < -0.39 is 6.03 Å². The molecular weight excluding hydrogens is 234 g/mol. The molecule has 0 aliphatic rings. The standard InChI is InChI=1S/C12H25N3O3/c1-9(2)5-6-13-12(18)14-11(17)7-15(4)10(3)8-16/h9-10,16H,5-8H2,1-4H3,(H2,13,14,17,18). The summed E-state index contributed by atoms with van der Waals surface area (Å²) in [6.45, 7) is 6.55. The fraction of sp³-hybridized carbons (Fsp3) is 0.833. The number of hydrogen-bond donors (Lipinski definition) is 3. The summed E-state index contributed by atoms with van der Waals surface area (Å²) in [5.41, 5.74) is 0. The zero-order chi connectivity index (χ0) is 14.1. The van der Waals surface area contributed by atoms with Crippen molar-refractivity contribution in [3.63, 3.8) is 0 Å². The van der Waals surface area contributed by atoms with Gasteiger partial charge in [-0.05, 0) is 26.3 Å². The highest BCUT2D eigenvalue weighted by Crippen LogP contribution is 1.96. The van der Waals surface area contributed by atoms with E-state index in [4.69, 9.17) is 5.11 Å². The van der Waals surface area contributed by atoms with E-state index in [1.165, 1.54) is 0 Å². The van der Waals surface area contributed by atoms with Gasteiger partial charge in [0, 0.05) is 12.6 Å². The summed E-state index contributed by atoms with van der Waals surface area (Å²) < 4.78 is 0. The first-order valence-corrected chi connectivity index (χ1v) is 6.25. The molecule has 0 bridgehead atoms. The summed E-state index contributed by atoms with van der Waals surface area (Å²) in [5, 5.41) is 13.8. The lowest BCUT2D eigenvalue weighted by atomic mass is 10.1. The molecule has 6 nitrogen and oxygen atoms in total. The molecule has 3 amide bonds. The van der Waals surface area contributed by atoms with E-state index in [-0.39, 0.29) is 25.1 Å². The number of rotatable bonds is 7. The molecule has 0 saturated heterocycles. The van der Waals surface area contributed by atoms with Gasteiger partial charge in [-0.25, -0.2) is 4.79 Å². The van der Waals surface area contributed by atoms with E-state index in [2.05, 4.69) is 24.5 Å². The third-order valence-electron chi connectivity index (χ3n) is 2.67. The summed E-state index contributed by atoms with van der Waals surface area (Å²) in [6, 6.07) is -0.578. The number of aliphatic hydroxyl groups excluding tert-OH is 1. The van der Waals surface area contributed by atoms with Crippen LogP contribution in [0.2, 0.25) is 0 Å². The number of hydrogen-bond acceptors (Lipinski definition) is 4. The van der Waals surface area contributed by atoms with Crippen LogP contribution in [0.15, 0.2) is 0 Å². The molecular formula is C12H25N3O3. The molecule has 18 heavy (non-hydrogen) atoms. The van der Waals surface area contributed by atoms with E-state index in [0.29, 0.717) is 12.5 Å². The van der Waals surface area contributed by atoms with Crippen molar-refractivity contribution in [2.75, 3.05) is 26.7 Å². The molecule has 0 fully saturated rings. The van der Waals surface area contributed by atoms with Crippen molar-refractivity contribution in [2.45, 2.75) is 33.2 Å². The molecule has 1 atom stereocenters. The number of nitrogens with one attached hydrogen (secondary N) is 2. The second kappa shape index (κ2) is 8.88. The number of carbonyl (C=O) groups excluding carboxylic acids is 2. The minimum absolute atomic E-state index is 0.0234. The number of imide groups is 1. The van der Waals surface area contributed by atoms with Gasteiger partial charge in [-0.1, -0.05) is 13.8 Å². The molecule has 0 aromatic rings. The number of nitrogens with zero attached hydrogens (tertiary/aromatic N) is 1. The average Bonchev–Trinajstić information content (AvgIpc) is 2.26. The normalized spacial score (nSPS) is 12.6. The molecule has 1 unspecified atom stereocenters. The Hall–Kier alpha value is -1.14. The highest BCUT2D eigenvalue weighted by atomic mass is 16.3. The quantitative estimate of drug-likeness (QED) is 0.609. The number of likely N-dealkylation sites (N-methyl/N-ethyl adjacent to an activating group) is 1. The van der Waals surface area contributed by atoms with E-state index in [1.54, 1.807) is 18.9 Å². The molecule has 106 valence electrons. The summed E-state index contributed by atoms with van der Waals surface area (Å²) in [5.74, 6) is 0.136. The molecule has 0 heterocycles. The highest BCUT2D eigenvalue weighted by Gasteiger charge is 2.13. The summed E-state index contributed by atoms with van der Waals surface area (Å²) in [7, 11) is 1.72. The first-order valence-electron chi connectivity index (χ1n) is 6.25. The number of urea groups is 1. The number of carbonyl (C=O) groups is 2. The van der Waals surface area contributed by atoms with Crippen molar-refractivity contribution in [3.05, 3.63) is 0 Å². The number of amides is 3. The second-order valence-electron chi connectivity index (χ2n) is 4.93. The van der Waals surface area contributed by atoms with E-state index in [1.807, 2.05) is 0 Å². The topological polar surface area (TPSA) is 81.7 Å². The third kappa shape index (κ3) is 8.03. The average molecular weight is 259 g/mol. The van der Waals surface area contributed by atoms with Gasteiger partial charge in [-0.2, -0.15) is 0 Å². The Balaban J connectivity index is 3.83. The Morgan fingerprint density at radius 2 is 1.89 bits per heavy atom. The summed E-state index contributed by atoms with van der Waals surface area (Å²) in [6.07, 6.45) is 0.878. The summed E-state index contributed by atoms with van der Waals surface area (Å²) >= 11 is 0. The molecule has 3 N–H and O–H groups in total. The zero-order valence-electron chi connectivity index (χ0n) is 11.7. The lowest BCUT2D eigenvalue weighted by Crippen LogP contribution is -2.46. The number of aliphatic hydroxyl groups is 1. The van der Waals surface area contributed by atoms with Crippen LogP contribution >= 0.6 is 0 Å². The van der Waals surface area contributed by atoms with Crippen LogP contribution in [-0.2, 0) is 4.79 Å². The maximum Gasteiger partial charge on any atom is 0.321 e. The van der Waals surface area contributed by atoms with Crippen LogP contribution in [-0.4, -0.2) is 54.7 Å². The van der Waals surface area contributed by atoms with Crippen LogP contribution in [0.5, 0.6) is 0 Å². The molecule has 0 aromatic heterocycles. The molecule has 0 rings (SSSR count). The lowest BCUT2D eigenvalue weighted by Gasteiger charge is -2.21. The summed E-state index contributed by atoms with van der Waals surface area (Å²) in [4.78, 5) is 24.5. The van der Waals surface area contributed by atoms with Gasteiger partial charge in [0.15, 0.2) is 0 Å². The SMILES string of the molecule is CC(C)CCNC(=O)NC(=O)CN(C)C(C)CO. The maximum atomic E-state index is 11.5. The highest BCUT2D eigenvalue weighted by molar-refractivity contribution is 5.95. The first kappa shape index (κ1) is 16.9. The molecule has 6 heteroatoms. The molecule has 0 aliphatic carbocycles. The van der Waals surface area contributed by atoms with Crippen molar-refractivity contribution in [1.82, 2.24) is 15.5 Å². The van der Waals surface area contributed by atoms with Gasteiger partial charge < -0.3 is 10.4 Å². The van der Waals surface area contributed by atoms with Crippen LogP contribution in [0.4, 0.5) is 4.79 Å². The monoisotopic (exact) mass is 259 g/mol. The smallest absolute Gasteiger partial charge is 0.321 e. The van der Waals surface area contributed by atoms with E-state index >= 15 is 0 Å². The van der Waals surface area contributed by atoms with E-state index in [9.17, 15) is 9.59 Å². The predicted octanol–water partition coefficient (Wildman–Crippen LogP) is 0.171. The first-order chi connectivity index (χ1) is 8.36. The van der Waals surface area contributed by atoms with Crippen molar-refractivity contribution < 1.29 is 14.7 Å². The van der Waals surface area contributed by atoms with Gasteiger partial charge in [-0.15, -0.1) is 0 Å². The van der Waals surface area contributed by atoms with Gasteiger partial charge in [0.2, 0.25) is 5.91 Å². The predicted molar refractivity (Wildman–Crippen MR) is 70.2 cm³/mol. The zero-order valence-corrected chi connectivity index (χ0v) is 11.7. The Labute approximate surface area is 109 Å². The molecule has 0 saturated carbocycles. The molecule has 0 aliphatic heterocycles. The fourth-order valence-corrected chi connectivity index (χ4v) is 1.21. The molecule has 0 aromatic carbocycles. The van der Waals surface area contributed by atoms with Crippen LogP contribution in [0, 0.1) is 5.92 Å². The minimum atomic E-state index is -0.467. The third-order valence-corrected chi connectivity index (χ3v) is 2.67. The molecule has 0 radical (unpaired) electrons.